The Morgan fingerprint density at radius 3 is 2.88 bits per heavy atom. The summed E-state index contributed by atoms with van der Waals surface area (Å²) in [5.41, 5.74) is 6.53. The lowest BCUT2D eigenvalue weighted by Crippen LogP contribution is -2.29. The first kappa shape index (κ1) is 11.7. The molecule has 0 amide bonds. The fourth-order valence-electron chi connectivity index (χ4n) is 2.05. The van der Waals surface area contributed by atoms with Crippen molar-refractivity contribution in [3.8, 4) is 0 Å². The molecule has 0 aliphatic heterocycles. The van der Waals surface area contributed by atoms with Gasteiger partial charge in [-0.15, -0.1) is 0 Å². The van der Waals surface area contributed by atoms with Crippen molar-refractivity contribution >= 4 is 17.4 Å². The van der Waals surface area contributed by atoms with Crippen LogP contribution in [0.25, 0.3) is 0 Å². The van der Waals surface area contributed by atoms with Crippen LogP contribution in [0.3, 0.4) is 0 Å². The summed E-state index contributed by atoms with van der Waals surface area (Å²) in [7, 11) is 2.11. The van der Waals surface area contributed by atoms with Crippen LogP contribution in [0.1, 0.15) is 25.0 Å². The number of nitrogens with zero attached hydrogens (tertiary/aromatic N) is 2. The number of pyridine rings is 1. The topological polar surface area (TPSA) is 42.2 Å². The van der Waals surface area contributed by atoms with E-state index in [4.69, 9.17) is 17.3 Å². The maximum atomic E-state index is 6.08. The van der Waals surface area contributed by atoms with Gasteiger partial charge >= 0.3 is 0 Å². The summed E-state index contributed by atoms with van der Waals surface area (Å²) in [6.07, 6.45) is 4.11. The highest BCUT2D eigenvalue weighted by Gasteiger charge is 2.19. The molecule has 1 aliphatic rings. The second kappa shape index (κ2) is 5.02. The van der Waals surface area contributed by atoms with E-state index >= 15 is 0 Å². The zero-order valence-corrected chi connectivity index (χ0v) is 10.4. The van der Waals surface area contributed by atoms with Crippen LogP contribution in [0.15, 0.2) is 12.1 Å². The molecule has 1 aromatic heterocycles. The Morgan fingerprint density at radius 1 is 1.50 bits per heavy atom. The molecular formula is C12H18ClN3. The molecule has 4 heteroatoms. The van der Waals surface area contributed by atoms with Gasteiger partial charge in [0.05, 0.1) is 10.7 Å². The van der Waals surface area contributed by atoms with E-state index in [1.165, 1.54) is 19.3 Å². The smallest absolute Gasteiger partial charge is 0.123 e. The number of hydrogen-bond donors (Lipinski definition) is 1. The van der Waals surface area contributed by atoms with E-state index in [-0.39, 0.29) is 0 Å². The van der Waals surface area contributed by atoms with Gasteiger partial charge in [0.1, 0.15) is 5.82 Å². The van der Waals surface area contributed by atoms with Gasteiger partial charge < -0.3 is 10.6 Å². The van der Waals surface area contributed by atoms with Crippen molar-refractivity contribution in [3.05, 3.63) is 22.8 Å². The summed E-state index contributed by atoms with van der Waals surface area (Å²) in [5.74, 6) is 1.40. The Bertz CT molecular complexity index is 363. The van der Waals surface area contributed by atoms with Gasteiger partial charge in [-0.25, -0.2) is 4.98 Å². The van der Waals surface area contributed by atoms with Crippen LogP contribution in [0.4, 0.5) is 5.82 Å². The first-order valence-electron chi connectivity index (χ1n) is 5.74. The average molecular weight is 240 g/mol. The van der Waals surface area contributed by atoms with E-state index in [9.17, 15) is 0 Å². The van der Waals surface area contributed by atoms with Crippen molar-refractivity contribution in [2.24, 2.45) is 5.92 Å². The second-order valence-corrected chi connectivity index (χ2v) is 5.07. The van der Waals surface area contributed by atoms with E-state index in [0.29, 0.717) is 10.8 Å². The lowest BCUT2D eigenvalue weighted by molar-refractivity contribution is 0.199. The van der Waals surface area contributed by atoms with Gasteiger partial charge in [0.2, 0.25) is 0 Å². The predicted octanol–water partition coefficient (Wildman–Crippen LogP) is 2.55. The van der Waals surface area contributed by atoms with Gasteiger partial charge in [0.25, 0.3) is 0 Å². The Morgan fingerprint density at radius 2 is 2.25 bits per heavy atom. The zero-order valence-electron chi connectivity index (χ0n) is 9.62. The molecular weight excluding hydrogens is 222 g/mol. The van der Waals surface area contributed by atoms with Crippen LogP contribution in [-0.4, -0.2) is 23.5 Å². The molecule has 88 valence electrons. The monoisotopic (exact) mass is 239 g/mol. The number of nitrogens with two attached hydrogens (primary N) is 1. The van der Waals surface area contributed by atoms with Crippen LogP contribution in [0.2, 0.25) is 5.02 Å². The van der Waals surface area contributed by atoms with Crippen LogP contribution >= 0.6 is 11.6 Å². The maximum absolute atomic E-state index is 6.08. The highest BCUT2D eigenvalue weighted by atomic mass is 35.5. The molecule has 1 heterocycles. The van der Waals surface area contributed by atoms with Gasteiger partial charge in [-0.1, -0.05) is 18.0 Å². The van der Waals surface area contributed by atoms with Crippen molar-refractivity contribution in [2.75, 3.05) is 19.3 Å². The van der Waals surface area contributed by atoms with Crippen molar-refractivity contribution in [3.63, 3.8) is 0 Å². The predicted molar refractivity (Wildman–Crippen MR) is 67.3 cm³/mol. The second-order valence-electron chi connectivity index (χ2n) is 4.66. The standard InChI is InChI=1S/C12H18ClN3/c1-16(7-9-3-2-4-9)8-11-10(13)5-6-12(14)15-11/h5-6,9H,2-4,7-8H2,1H3,(H2,14,15). The Kier molecular flexibility index (Phi) is 3.66. The Labute approximate surface area is 102 Å². The number of aromatic nitrogens is 1. The Balaban J connectivity index is 1.93. The minimum Gasteiger partial charge on any atom is -0.384 e. The molecule has 0 atom stereocenters. The summed E-state index contributed by atoms with van der Waals surface area (Å²) < 4.78 is 0. The van der Waals surface area contributed by atoms with Gasteiger partial charge in [-0.05, 0) is 37.9 Å². The summed E-state index contributed by atoms with van der Waals surface area (Å²) in [6, 6.07) is 3.55. The lowest BCUT2D eigenvalue weighted by atomic mass is 9.85. The molecule has 1 saturated carbocycles. The van der Waals surface area contributed by atoms with E-state index in [1.54, 1.807) is 6.07 Å². The molecule has 0 radical (unpaired) electrons. The van der Waals surface area contributed by atoms with Crippen molar-refractivity contribution < 1.29 is 0 Å². The maximum Gasteiger partial charge on any atom is 0.123 e. The van der Waals surface area contributed by atoms with Gasteiger partial charge in [0.15, 0.2) is 0 Å². The van der Waals surface area contributed by atoms with E-state index in [2.05, 4.69) is 16.9 Å². The molecule has 0 spiro atoms. The van der Waals surface area contributed by atoms with Crippen LogP contribution in [0.5, 0.6) is 0 Å². The van der Waals surface area contributed by atoms with Gasteiger partial charge in [-0.3, -0.25) is 0 Å². The van der Waals surface area contributed by atoms with E-state index in [0.717, 1.165) is 24.7 Å². The average Bonchev–Trinajstić information content (AvgIpc) is 2.18. The zero-order chi connectivity index (χ0) is 11.5. The minimum atomic E-state index is 0.538. The molecule has 1 aromatic rings. The van der Waals surface area contributed by atoms with Crippen molar-refractivity contribution in [1.29, 1.82) is 0 Å². The first-order valence-corrected chi connectivity index (χ1v) is 6.12. The first-order chi connectivity index (χ1) is 7.65. The molecule has 0 aromatic carbocycles. The summed E-state index contributed by atoms with van der Waals surface area (Å²) >= 11 is 6.08. The third-order valence-electron chi connectivity index (χ3n) is 3.15. The minimum absolute atomic E-state index is 0.538. The number of rotatable bonds is 4. The van der Waals surface area contributed by atoms with Crippen LogP contribution < -0.4 is 5.73 Å². The highest BCUT2D eigenvalue weighted by Crippen LogP contribution is 2.27. The van der Waals surface area contributed by atoms with Crippen molar-refractivity contribution in [2.45, 2.75) is 25.8 Å². The molecule has 2 N–H and O–H groups in total. The molecule has 16 heavy (non-hydrogen) atoms. The SMILES string of the molecule is CN(Cc1nc(N)ccc1Cl)CC1CCC1. The van der Waals surface area contributed by atoms with Gasteiger partial charge in [0, 0.05) is 13.1 Å². The molecule has 0 saturated heterocycles. The molecule has 0 bridgehead atoms. The molecule has 2 rings (SSSR count). The molecule has 1 fully saturated rings. The lowest BCUT2D eigenvalue weighted by Gasteiger charge is -2.30. The van der Waals surface area contributed by atoms with E-state index in [1.807, 2.05) is 6.07 Å². The Hall–Kier alpha value is -0.800. The largest absolute Gasteiger partial charge is 0.384 e. The quantitative estimate of drug-likeness (QED) is 0.878. The third kappa shape index (κ3) is 2.86. The van der Waals surface area contributed by atoms with Crippen LogP contribution in [-0.2, 0) is 6.54 Å². The molecule has 0 unspecified atom stereocenters. The van der Waals surface area contributed by atoms with Crippen LogP contribution in [0, 0.1) is 5.92 Å². The summed E-state index contributed by atoms with van der Waals surface area (Å²) in [4.78, 5) is 6.54. The number of halogens is 1. The third-order valence-corrected chi connectivity index (χ3v) is 3.50. The molecule has 1 aliphatic carbocycles. The fourth-order valence-corrected chi connectivity index (χ4v) is 2.21. The highest BCUT2D eigenvalue weighted by molar-refractivity contribution is 6.31. The summed E-state index contributed by atoms with van der Waals surface area (Å²) in [5, 5.41) is 0.703. The summed E-state index contributed by atoms with van der Waals surface area (Å²) in [6.45, 7) is 1.91. The molecule has 3 nitrogen and oxygen atoms in total. The fraction of sp³-hybridized carbons (Fsp3) is 0.583. The van der Waals surface area contributed by atoms with E-state index < -0.39 is 0 Å². The van der Waals surface area contributed by atoms with Crippen molar-refractivity contribution in [1.82, 2.24) is 9.88 Å². The number of hydrogen-bond acceptors (Lipinski definition) is 3. The number of anilines is 1. The van der Waals surface area contributed by atoms with Gasteiger partial charge in [-0.2, -0.15) is 0 Å². The number of nitrogen functional groups attached to an aromatic ring is 1. The normalized spacial score (nSPS) is 16.4.